The minimum absolute atomic E-state index is 0.122. The minimum Gasteiger partial charge on any atom is -0.394 e. The van der Waals surface area contributed by atoms with Crippen LogP contribution in [0.4, 0.5) is 0 Å². The van der Waals surface area contributed by atoms with Crippen molar-refractivity contribution in [2.24, 2.45) is 100 Å². The number of nitrogens with two attached hydrogens (primary N) is 1. The Hall–Kier alpha value is -0.990. The van der Waals surface area contributed by atoms with E-state index in [9.17, 15) is 4.79 Å². The van der Waals surface area contributed by atoms with E-state index in [1.54, 1.807) is 58.5 Å². The largest absolute Gasteiger partial charge is 0.394 e. The number of amides is 1. The van der Waals surface area contributed by atoms with E-state index in [1.807, 2.05) is 25.6 Å². The number of ether oxygens (including phenoxy) is 2. The van der Waals surface area contributed by atoms with E-state index in [0.717, 1.165) is 100 Å². The fraction of sp³-hybridized carbons (Fsp3) is 0.827. The van der Waals surface area contributed by atoms with E-state index in [-0.39, 0.29) is 12.5 Å². The van der Waals surface area contributed by atoms with E-state index in [4.69, 9.17) is 10.8 Å². The number of rotatable bonds is 7. The third-order valence-corrected chi connectivity index (χ3v) is 18.0. The average molecular weight is 854 g/mol. The summed E-state index contributed by atoms with van der Waals surface area (Å²) in [6, 6.07) is 0. The second kappa shape index (κ2) is 26.0. The van der Waals surface area contributed by atoms with E-state index in [0.29, 0.717) is 19.6 Å². The van der Waals surface area contributed by atoms with Crippen LogP contribution in [0.1, 0.15) is 123 Å². The van der Waals surface area contributed by atoms with Crippen LogP contribution in [0.25, 0.3) is 0 Å². The van der Waals surface area contributed by atoms with E-state index < -0.39 is 0 Å². The normalized spacial score (nSPS) is 40.5. The molecule has 59 heavy (non-hydrogen) atoms. The third kappa shape index (κ3) is 13.0. The van der Waals surface area contributed by atoms with Gasteiger partial charge in [0.25, 0.3) is 0 Å². The molecule has 0 radical (unpaired) electrons. The van der Waals surface area contributed by atoms with Crippen molar-refractivity contribution in [3.8, 4) is 0 Å². The van der Waals surface area contributed by atoms with Crippen molar-refractivity contribution in [3.63, 3.8) is 0 Å². The van der Waals surface area contributed by atoms with Crippen molar-refractivity contribution in [1.82, 2.24) is 0 Å². The molecule has 0 aromatic carbocycles. The van der Waals surface area contributed by atoms with Crippen molar-refractivity contribution < 1.29 is 19.4 Å². The highest BCUT2D eigenvalue weighted by molar-refractivity contribution is 7.99. The minimum atomic E-state index is -0.318. The summed E-state index contributed by atoms with van der Waals surface area (Å²) in [5.41, 5.74) is 4.76. The summed E-state index contributed by atoms with van der Waals surface area (Å²) >= 11 is 5.81. The number of allylic oxidation sites excluding steroid dienone is 8. The summed E-state index contributed by atoms with van der Waals surface area (Å²) in [6.07, 6.45) is 46.3. The molecule has 12 aliphatic carbocycles. The average Bonchev–Trinajstić information content (AvgIpc) is 4.10. The van der Waals surface area contributed by atoms with Crippen LogP contribution in [0.5, 0.6) is 0 Å². The Balaban J connectivity index is 0.000000132. The Morgan fingerprint density at radius 1 is 0.593 bits per heavy atom. The summed E-state index contributed by atoms with van der Waals surface area (Å²) in [5.74, 6) is 19.3. The van der Waals surface area contributed by atoms with Crippen LogP contribution in [0.3, 0.4) is 0 Å². The van der Waals surface area contributed by atoms with Gasteiger partial charge in [-0.25, -0.2) is 0 Å². The molecule has 1 amide bonds. The number of hydrogen-bond acceptors (Lipinski definition) is 6. The molecule has 16 unspecified atom stereocenters. The van der Waals surface area contributed by atoms with Gasteiger partial charge in [0.2, 0.25) is 5.91 Å². The standard InChI is InChI=1S/4C10H14.C4H9NO2.C3H8O2.C3H8S2.C2H6/c4*1-2-9-7-4-5-8(6-7)10(9)3-1;1-7-3-2-4(5)6;2*1-5-3-2-4;1-2/h4*1-2,7-10H,3-6H2;2-3H2,1H3,(H2,5,6);2*4H,2-3H2,1H3;1-2H3. The van der Waals surface area contributed by atoms with E-state index in [2.05, 4.69) is 77.0 Å². The lowest BCUT2D eigenvalue weighted by Crippen LogP contribution is -2.16. The van der Waals surface area contributed by atoms with Gasteiger partial charge >= 0.3 is 0 Å². The zero-order chi connectivity index (χ0) is 42.1. The predicted molar refractivity (Wildman–Crippen MR) is 255 cm³/mol. The van der Waals surface area contributed by atoms with Crippen LogP contribution in [0.2, 0.25) is 0 Å². The fourth-order valence-corrected chi connectivity index (χ4v) is 15.1. The molecule has 3 N–H and O–H groups in total. The first-order valence-corrected chi connectivity index (χ1v) is 26.6. The van der Waals surface area contributed by atoms with Crippen molar-refractivity contribution in [3.05, 3.63) is 48.6 Å². The van der Waals surface area contributed by atoms with Gasteiger partial charge in [0.15, 0.2) is 0 Å². The molecular formula is C52H87NO4S2. The van der Waals surface area contributed by atoms with Crippen molar-refractivity contribution >= 4 is 30.3 Å². The molecule has 336 valence electrons. The number of carbonyl (C=O) groups excluding carboxylic acids is 1. The van der Waals surface area contributed by atoms with E-state index >= 15 is 0 Å². The van der Waals surface area contributed by atoms with Gasteiger partial charge in [-0.2, -0.15) is 24.4 Å². The predicted octanol–water partition coefficient (Wildman–Crippen LogP) is 11.9. The first-order valence-electron chi connectivity index (χ1n) is 24.5. The monoisotopic (exact) mass is 854 g/mol. The van der Waals surface area contributed by atoms with Gasteiger partial charge in [-0.15, -0.1) is 0 Å². The SMILES string of the molecule is C1=CC2C3CCC(C3)C2C1.C1=CC2C3CCC(C3)C2C1.C1=CC2C3CCC(C3)C2C1.C1=CC2C3CCC(C3)C2C1.CC.COCCC(N)=O.COCCO.CSCCS. The zero-order valence-electron chi connectivity index (χ0n) is 38.0. The van der Waals surface area contributed by atoms with Crippen molar-refractivity contribution in [2.75, 3.05) is 51.8 Å². The molecule has 12 aliphatic rings. The first-order chi connectivity index (χ1) is 28.9. The van der Waals surface area contributed by atoms with E-state index in [1.165, 1.54) is 64.2 Å². The first kappa shape index (κ1) is 49.0. The quantitative estimate of drug-likeness (QED) is 0.176. The van der Waals surface area contributed by atoms with Crippen LogP contribution in [-0.2, 0) is 14.3 Å². The number of thiol groups is 1. The highest BCUT2D eigenvalue weighted by atomic mass is 32.2. The number of methoxy groups -OCH3 is 2. The lowest BCUT2D eigenvalue weighted by molar-refractivity contribution is -0.118. The topological polar surface area (TPSA) is 81.8 Å². The number of aliphatic hydroxyl groups excluding tert-OH is 1. The molecule has 12 rings (SSSR count). The van der Waals surface area contributed by atoms with Crippen molar-refractivity contribution in [1.29, 1.82) is 0 Å². The van der Waals surface area contributed by atoms with Gasteiger partial charge in [0.1, 0.15) is 0 Å². The second-order valence-corrected chi connectivity index (χ2v) is 21.0. The molecule has 5 nitrogen and oxygen atoms in total. The van der Waals surface area contributed by atoms with Crippen LogP contribution < -0.4 is 5.73 Å². The van der Waals surface area contributed by atoms with Gasteiger partial charge in [0, 0.05) is 26.4 Å². The Labute approximate surface area is 371 Å². The smallest absolute Gasteiger partial charge is 0.219 e. The number of fused-ring (bicyclic) bond motifs is 20. The summed E-state index contributed by atoms with van der Waals surface area (Å²) in [6.45, 7) is 4.99. The maximum absolute atomic E-state index is 9.90. The van der Waals surface area contributed by atoms with Gasteiger partial charge in [0.05, 0.1) is 19.8 Å². The summed E-state index contributed by atoms with van der Waals surface area (Å²) < 4.78 is 8.99. The number of primary amides is 1. The number of hydrogen-bond donors (Lipinski definition) is 3. The zero-order valence-corrected chi connectivity index (χ0v) is 39.7. The van der Waals surface area contributed by atoms with Crippen molar-refractivity contribution in [2.45, 2.75) is 123 Å². The highest BCUT2D eigenvalue weighted by Crippen LogP contribution is 2.59. The molecule has 0 aromatic heterocycles. The maximum atomic E-state index is 9.90. The number of carbonyl (C=O) groups is 1. The maximum Gasteiger partial charge on any atom is 0.219 e. The fourth-order valence-electron chi connectivity index (χ4n) is 14.4. The van der Waals surface area contributed by atoms with Crippen LogP contribution in [0.15, 0.2) is 48.6 Å². The molecule has 7 heteroatoms. The molecule has 16 atom stereocenters. The van der Waals surface area contributed by atoms with Gasteiger partial charge in [-0.1, -0.05) is 62.5 Å². The Bertz CT molecular complexity index is 1160. The van der Waals surface area contributed by atoms with Gasteiger partial charge < -0.3 is 20.3 Å². The molecule has 0 saturated heterocycles. The molecule has 0 aromatic rings. The molecular weight excluding hydrogens is 767 g/mol. The molecule has 8 fully saturated rings. The molecule has 8 bridgehead atoms. The van der Waals surface area contributed by atoms with Crippen LogP contribution >= 0.6 is 24.4 Å². The summed E-state index contributed by atoms with van der Waals surface area (Å²) in [4.78, 5) is 9.90. The summed E-state index contributed by atoms with van der Waals surface area (Å²) in [5, 5.41) is 7.94. The van der Waals surface area contributed by atoms with Gasteiger partial charge in [-0.05, 0) is 209 Å². The lowest BCUT2D eigenvalue weighted by atomic mass is 9.82. The van der Waals surface area contributed by atoms with Crippen LogP contribution in [-0.4, -0.2) is 62.8 Å². The second-order valence-electron chi connectivity index (χ2n) is 19.6. The highest BCUT2D eigenvalue weighted by Gasteiger charge is 2.49. The third-order valence-electron chi connectivity index (χ3n) is 16.8. The Kier molecular flexibility index (Phi) is 21.6. The van der Waals surface area contributed by atoms with Gasteiger partial charge in [-0.3, -0.25) is 4.79 Å². The number of aliphatic hydroxyl groups is 1. The summed E-state index contributed by atoms with van der Waals surface area (Å²) in [7, 11) is 3.08. The Morgan fingerprint density at radius 3 is 1.07 bits per heavy atom. The van der Waals surface area contributed by atoms with Crippen LogP contribution in [0, 0.1) is 94.7 Å². The Morgan fingerprint density at radius 2 is 0.898 bits per heavy atom. The molecule has 0 heterocycles. The molecule has 8 saturated carbocycles. The molecule has 0 aliphatic heterocycles. The molecule has 0 spiro atoms. The number of thioether (sulfide) groups is 1. The lowest BCUT2D eigenvalue weighted by Gasteiger charge is -2.23.